The van der Waals surface area contributed by atoms with Crippen LogP contribution in [0.2, 0.25) is 0 Å². The molecule has 2 heterocycles. The van der Waals surface area contributed by atoms with E-state index in [0.29, 0.717) is 5.95 Å². The Hall–Kier alpha value is -2.63. The van der Waals surface area contributed by atoms with Crippen LogP contribution >= 0.6 is 0 Å². The third-order valence-electron chi connectivity index (χ3n) is 4.43. The molecule has 132 valence electrons. The summed E-state index contributed by atoms with van der Waals surface area (Å²) in [5, 5.41) is 3.33. The zero-order valence-electron chi connectivity index (χ0n) is 14.9. The Labute approximate surface area is 148 Å². The highest BCUT2D eigenvalue weighted by atomic mass is 16.2. The van der Waals surface area contributed by atoms with E-state index >= 15 is 0 Å². The number of aromatic nitrogens is 2. The first-order valence-electron chi connectivity index (χ1n) is 8.76. The Morgan fingerprint density at radius 3 is 2.52 bits per heavy atom. The molecule has 1 aromatic heterocycles. The number of nitrogens with zero attached hydrogens (tertiary/aromatic N) is 4. The summed E-state index contributed by atoms with van der Waals surface area (Å²) in [5.41, 5.74) is 2.24. The molecule has 0 saturated carbocycles. The van der Waals surface area contributed by atoms with E-state index in [0.717, 1.165) is 50.7 Å². The van der Waals surface area contributed by atoms with Gasteiger partial charge in [0.1, 0.15) is 5.82 Å². The van der Waals surface area contributed by atoms with Gasteiger partial charge in [-0.25, -0.2) is 4.98 Å². The highest BCUT2D eigenvalue weighted by Gasteiger charge is 2.20. The van der Waals surface area contributed by atoms with Gasteiger partial charge >= 0.3 is 0 Å². The van der Waals surface area contributed by atoms with Gasteiger partial charge in [-0.2, -0.15) is 4.98 Å². The van der Waals surface area contributed by atoms with Crippen molar-refractivity contribution in [2.75, 3.05) is 42.9 Å². The van der Waals surface area contributed by atoms with Crippen LogP contribution in [0.3, 0.4) is 0 Å². The summed E-state index contributed by atoms with van der Waals surface area (Å²) in [6.45, 7) is 7.51. The molecule has 1 fully saturated rings. The van der Waals surface area contributed by atoms with Gasteiger partial charge in [0.15, 0.2) is 0 Å². The zero-order valence-corrected chi connectivity index (χ0v) is 14.9. The second kappa shape index (κ2) is 7.96. The first kappa shape index (κ1) is 17.2. The van der Waals surface area contributed by atoms with Crippen molar-refractivity contribution >= 4 is 17.7 Å². The van der Waals surface area contributed by atoms with Gasteiger partial charge in [-0.3, -0.25) is 4.79 Å². The van der Waals surface area contributed by atoms with Crippen LogP contribution in [0.25, 0.3) is 0 Å². The highest BCUT2D eigenvalue weighted by Crippen LogP contribution is 2.17. The summed E-state index contributed by atoms with van der Waals surface area (Å²) in [6.07, 6.45) is 0.935. The molecule has 3 rings (SSSR count). The second-order valence-electron chi connectivity index (χ2n) is 6.35. The van der Waals surface area contributed by atoms with Crippen molar-refractivity contribution in [3.05, 3.63) is 47.7 Å². The van der Waals surface area contributed by atoms with Crippen LogP contribution in [0.4, 0.5) is 11.8 Å². The van der Waals surface area contributed by atoms with Gasteiger partial charge in [0, 0.05) is 51.4 Å². The minimum Gasteiger partial charge on any atom is -0.354 e. The Morgan fingerprint density at radius 2 is 1.84 bits per heavy atom. The van der Waals surface area contributed by atoms with Gasteiger partial charge in [-0.15, -0.1) is 0 Å². The Bertz CT molecular complexity index is 711. The molecule has 1 saturated heterocycles. The highest BCUT2D eigenvalue weighted by molar-refractivity contribution is 5.73. The van der Waals surface area contributed by atoms with E-state index in [9.17, 15) is 4.79 Å². The van der Waals surface area contributed by atoms with E-state index in [2.05, 4.69) is 44.5 Å². The molecule has 1 N–H and O–H groups in total. The third kappa shape index (κ3) is 4.68. The van der Waals surface area contributed by atoms with Crippen LogP contribution in [-0.4, -0.2) is 53.5 Å². The molecule has 1 aliphatic heterocycles. The van der Waals surface area contributed by atoms with Gasteiger partial charge in [0.05, 0.1) is 0 Å². The van der Waals surface area contributed by atoms with Gasteiger partial charge in [-0.05, 0) is 18.9 Å². The van der Waals surface area contributed by atoms with Crippen LogP contribution in [0.15, 0.2) is 36.4 Å². The molecule has 1 aliphatic rings. The number of carbonyl (C=O) groups excluding carboxylic acids is 1. The number of aryl methyl sites for hydroxylation is 1. The van der Waals surface area contributed by atoms with Crippen LogP contribution in [0, 0.1) is 6.92 Å². The molecule has 0 bridgehead atoms. The molecule has 0 unspecified atom stereocenters. The fourth-order valence-corrected chi connectivity index (χ4v) is 3.01. The lowest BCUT2D eigenvalue weighted by Gasteiger charge is -2.35. The number of hydrogen-bond donors (Lipinski definition) is 1. The molecular weight excluding hydrogens is 314 g/mol. The maximum atomic E-state index is 11.5. The molecule has 1 amide bonds. The van der Waals surface area contributed by atoms with Crippen LogP contribution in [0.1, 0.15) is 18.2 Å². The Morgan fingerprint density at radius 1 is 1.12 bits per heavy atom. The molecule has 1 aromatic carbocycles. The first-order chi connectivity index (χ1) is 12.1. The maximum absolute atomic E-state index is 11.5. The monoisotopic (exact) mass is 339 g/mol. The summed E-state index contributed by atoms with van der Waals surface area (Å²) in [6, 6.07) is 12.4. The van der Waals surface area contributed by atoms with Crippen molar-refractivity contribution in [3.63, 3.8) is 0 Å². The second-order valence-corrected chi connectivity index (χ2v) is 6.35. The Kier molecular flexibility index (Phi) is 5.48. The van der Waals surface area contributed by atoms with Gasteiger partial charge < -0.3 is 15.1 Å². The summed E-state index contributed by atoms with van der Waals surface area (Å²) in [4.78, 5) is 24.7. The predicted molar refractivity (Wildman–Crippen MR) is 99.9 cm³/mol. The average molecular weight is 339 g/mol. The molecular formula is C19H25N5O. The normalized spacial score (nSPS) is 14.5. The Balaban J connectivity index is 1.60. The fourth-order valence-electron chi connectivity index (χ4n) is 3.01. The van der Waals surface area contributed by atoms with Gasteiger partial charge in [0.25, 0.3) is 0 Å². The summed E-state index contributed by atoms with van der Waals surface area (Å²) >= 11 is 0. The lowest BCUT2D eigenvalue weighted by atomic mass is 10.1. The van der Waals surface area contributed by atoms with Crippen molar-refractivity contribution in [1.29, 1.82) is 0 Å². The number of anilines is 2. The lowest BCUT2D eigenvalue weighted by Crippen LogP contribution is -2.48. The quantitative estimate of drug-likeness (QED) is 0.904. The van der Waals surface area contributed by atoms with E-state index in [1.807, 2.05) is 24.0 Å². The third-order valence-corrected chi connectivity index (χ3v) is 4.43. The minimum atomic E-state index is 0.141. The summed E-state index contributed by atoms with van der Waals surface area (Å²) in [7, 11) is 0. The summed E-state index contributed by atoms with van der Waals surface area (Å²) in [5.74, 6) is 1.74. The average Bonchev–Trinajstić information content (AvgIpc) is 2.62. The molecule has 6 heteroatoms. The fraction of sp³-hybridized carbons (Fsp3) is 0.421. The van der Waals surface area contributed by atoms with Gasteiger partial charge in [0.2, 0.25) is 11.9 Å². The first-order valence-corrected chi connectivity index (χ1v) is 8.76. The topological polar surface area (TPSA) is 61.4 Å². The van der Waals surface area contributed by atoms with E-state index < -0.39 is 0 Å². The molecule has 2 aromatic rings. The maximum Gasteiger partial charge on any atom is 0.224 e. The smallest absolute Gasteiger partial charge is 0.224 e. The molecule has 0 atom stereocenters. The van der Waals surface area contributed by atoms with E-state index in [4.69, 9.17) is 0 Å². The van der Waals surface area contributed by atoms with Crippen LogP contribution < -0.4 is 10.2 Å². The standard InChI is InChI=1S/C19H25N5O/c1-15-14-18(24-12-10-23(11-13-24)16(2)25)22-19(21-15)20-9-8-17-6-4-3-5-7-17/h3-7,14H,8-13H2,1-2H3,(H,20,21,22). The van der Waals surface area contributed by atoms with E-state index in [-0.39, 0.29) is 5.91 Å². The van der Waals surface area contributed by atoms with Crippen molar-refractivity contribution < 1.29 is 4.79 Å². The molecule has 6 nitrogen and oxygen atoms in total. The van der Waals surface area contributed by atoms with Crippen molar-refractivity contribution in [3.8, 4) is 0 Å². The molecule has 25 heavy (non-hydrogen) atoms. The molecule has 0 spiro atoms. The van der Waals surface area contributed by atoms with Gasteiger partial charge in [-0.1, -0.05) is 30.3 Å². The molecule has 0 radical (unpaired) electrons. The predicted octanol–water partition coefficient (Wildman–Crippen LogP) is 2.11. The number of amides is 1. The number of hydrogen-bond acceptors (Lipinski definition) is 5. The van der Waals surface area contributed by atoms with E-state index in [1.54, 1.807) is 6.92 Å². The van der Waals surface area contributed by atoms with Crippen molar-refractivity contribution in [2.24, 2.45) is 0 Å². The van der Waals surface area contributed by atoms with Crippen molar-refractivity contribution in [2.45, 2.75) is 20.3 Å². The minimum absolute atomic E-state index is 0.141. The lowest BCUT2D eigenvalue weighted by molar-refractivity contribution is -0.129. The number of rotatable bonds is 5. The van der Waals surface area contributed by atoms with Crippen molar-refractivity contribution in [1.82, 2.24) is 14.9 Å². The number of piperazine rings is 1. The largest absolute Gasteiger partial charge is 0.354 e. The zero-order chi connectivity index (χ0) is 17.6. The van der Waals surface area contributed by atoms with Crippen LogP contribution in [0.5, 0.6) is 0 Å². The number of benzene rings is 1. The number of nitrogens with one attached hydrogen (secondary N) is 1. The molecule has 0 aliphatic carbocycles. The SMILES string of the molecule is CC(=O)N1CCN(c2cc(C)nc(NCCc3ccccc3)n2)CC1. The van der Waals surface area contributed by atoms with E-state index in [1.165, 1.54) is 5.56 Å². The van der Waals surface area contributed by atoms with Crippen LogP contribution in [-0.2, 0) is 11.2 Å². The number of carbonyl (C=O) groups is 1. The summed E-state index contributed by atoms with van der Waals surface area (Å²) < 4.78 is 0.